The summed E-state index contributed by atoms with van der Waals surface area (Å²) in [6.45, 7) is 10.0. The monoisotopic (exact) mass is 223 g/mol. The summed E-state index contributed by atoms with van der Waals surface area (Å²) in [6, 6.07) is 8.39. The Balaban J connectivity index is 2.83. The summed E-state index contributed by atoms with van der Waals surface area (Å²) in [5.74, 6) is 0.530. The molecule has 0 atom stereocenters. The Morgan fingerprint density at radius 1 is 1.40 bits per heavy atom. The second kappa shape index (κ2) is 5.82. The first-order chi connectivity index (χ1) is 7.19. The van der Waals surface area contributed by atoms with Gasteiger partial charge in [-0.3, -0.25) is 0 Å². The van der Waals surface area contributed by atoms with E-state index in [-0.39, 0.29) is 0 Å². The molecule has 1 aromatic rings. The van der Waals surface area contributed by atoms with E-state index >= 15 is 0 Å². The van der Waals surface area contributed by atoms with Crippen LogP contribution < -0.4 is 4.90 Å². The van der Waals surface area contributed by atoms with E-state index in [1.54, 1.807) is 0 Å². The van der Waals surface area contributed by atoms with E-state index in [9.17, 15) is 0 Å². The highest BCUT2D eigenvalue weighted by Gasteiger charge is 2.07. The normalized spacial score (nSPS) is 10.1. The molecule has 1 nitrogen and oxygen atoms in total. The minimum Gasteiger partial charge on any atom is -0.368 e. The van der Waals surface area contributed by atoms with Gasteiger partial charge in [-0.25, -0.2) is 0 Å². The number of aryl methyl sites for hydroxylation is 1. The zero-order valence-corrected chi connectivity index (χ0v) is 10.2. The van der Waals surface area contributed by atoms with Gasteiger partial charge in [0.2, 0.25) is 0 Å². The molecule has 0 saturated carbocycles. The lowest BCUT2D eigenvalue weighted by Crippen LogP contribution is -2.26. The quantitative estimate of drug-likeness (QED) is 0.545. The van der Waals surface area contributed by atoms with Crippen LogP contribution in [0.1, 0.15) is 12.5 Å². The van der Waals surface area contributed by atoms with Crippen LogP contribution in [-0.2, 0) is 0 Å². The highest BCUT2D eigenvalue weighted by Crippen LogP contribution is 2.19. The van der Waals surface area contributed by atoms with Crippen LogP contribution in [0.15, 0.2) is 36.4 Å². The zero-order chi connectivity index (χ0) is 11.3. The van der Waals surface area contributed by atoms with Crippen molar-refractivity contribution in [2.45, 2.75) is 13.8 Å². The van der Waals surface area contributed by atoms with Crippen molar-refractivity contribution in [2.75, 3.05) is 23.9 Å². The fraction of sp³-hybridized carbons (Fsp3) is 0.385. The molecule has 2 heteroatoms. The van der Waals surface area contributed by atoms with Crippen LogP contribution in [0.25, 0.3) is 0 Å². The first kappa shape index (κ1) is 12.1. The van der Waals surface area contributed by atoms with Gasteiger partial charge in [0.25, 0.3) is 0 Å². The summed E-state index contributed by atoms with van der Waals surface area (Å²) in [5.41, 5.74) is 3.62. The van der Waals surface area contributed by atoms with Crippen molar-refractivity contribution in [3.05, 3.63) is 42.0 Å². The number of alkyl halides is 1. The van der Waals surface area contributed by atoms with Crippen molar-refractivity contribution < 1.29 is 0 Å². The largest absolute Gasteiger partial charge is 0.368 e. The lowest BCUT2D eigenvalue weighted by Gasteiger charge is -2.25. The molecular weight excluding hydrogens is 206 g/mol. The molecule has 0 amide bonds. The highest BCUT2D eigenvalue weighted by molar-refractivity contribution is 6.19. The van der Waals surface area contributed by atoms with Gasteiger partial charge in [-0.05, 0) is 31.1 Å². The summed E-state index contributed by atoms with van der Waals surface area (Å²) in [5, 5.41) is 0. The maximum Gasteiger partial charge on any atom is 0.0448 e. The molecule has 0 unspecified atom stereocenters. The van der Waals surface area contributed by atoms with Crippen LogP contribution in [0, 0.1) is 6.92 Å². The summed E-state index contributed by atoms with van der Waals surface area (Å²) in [6.07, 6.45) is 0. The molecule has 15 heavy (non-hydrogen) atoms. The molecule has 1 aromatic carbocycles. The fourth-order valence-corrected chi connectivity index (χ4v) is 1.68. The van der Waals surface area contributed by atoms with Gasteiger partial charge in [-0.1, -0.05) is 24.8 Å². The highest BCUT2D eigenvalue weighted by atomic mass is 35.5. The second-order valence-electron chi connectivity index (χ2n) is 3.68. The van der Waals surface area contributed by atoms with Gasteiger partial charge in [-0.15, -0.1) is 11.6 Å². The van der Waals surface area contributed by atoms with E-state index in [1.807, 2.05) is 0 Å². The molecule has 0 saturated heterocycles. The molecule has 0 bridgehead atoms. The van der Waals surface area contributed by atoms with Gasteiger partial charge >= 0.3 is 0 Å². The Hall–Kier alpha value is -0.950. The Labute approximate surface area is 97.4 Å². The second-order valence-corrected chi connectivity index (χ2v) is 3.95. The fourth-order valence-electron chi connectivity index (χ4n) is 1.60. The first-order valence-corrected chi connectivity index (χ1v) is 5.75. The first-order valence-electron chi connectivity index (χ1n) is 5.22. The van der Waals surface area contributed by atoms with Gasteiger partial charge in [0.05, 0.1) is 0 Å². The number of hydrogen-bond acceptors (Lipinski definition) is 1. The van der Waals surface area contributed by atoms with Crippen molar-refractivity contribution in [1.82, 2.24) is 0 Å². The molecule has 0 heterocycles. The maximum atomic E-state index is 5.75. The number of para-hydroxylation sites is 1. The number of nitrogens with zero attached hydrogens (tertiary/aromatic N) is 1. The van der Waals surface area contributed by atoms with Gasteiger partial charge in [-0.2, -0.15) is 0 Å². The standard InChI is InChI=1S/C13H18ClN/c1-4-15(10-11(2)9-14)13-8-6-5-7-12(13)3/h5-8H,2,4,9-10H2,1,3H3. The van der Waals surface area contributed by atoms with Crippen molar-refractivity contribution >= 4 is 17.3 Å². The molecule has 0 aromatic heterocycles. The van der Waals surface area contributed by atoms with Crippen LogP contribution >= 0.6 is 11.6 Å². The third-order valence-corrected chi connectivity index (χ3v) is 2.82. The van der Waals surface area contributed by atoms with E-state index in [1.165, 1.54) is 11.3 Å². The zero-order valence-electron chi connectivity index (χ0n) is 9.46. The van der Waals surface area contributed by atoms with Crippen LogP contribution in [0.3, 0.4) is 0 Å². The summed E-state index contributed by atoms with van der Waals surface area (Å²) in [7, 11) is 0. The predicted molar refractivity (Wildman–Crippen MR) is 68.9 cm³/mol. The van der Waals surface area contributed by atoms with E-state index < -0.39 is 0 Å². The minimum atomic E-state index is 0.530. The van der Waals surface area contributed by atoms with E-state index in [4.69, 9.17) is 11.6 Å². The molecule has 0 fully saturated rings. The van der Waals surface area contributed by atoms with Gasteiger partial charge < -0.3 is 4.90 Å². The maximum absolute atomic E-state index is 5.75. The van der Waals surface area contributed by atoms with E-state index in [0.29, 0.717) is 5.88 Å². The summed E-state index contributed by atoms with van der Waals surface area (Å²) in [4.78, 5) is 2.29. The Bertz CT molecular complexity index is 333. The molecule has 0 aliphatic carbocycles. The average Bonchev–Trinajstić information content (AvgIpc) is 2.26. The molecular formula is C13H18ClN. The van der Waals surface area contributed by atoms with Crippen LogP contribution in [-0.4, -0.2) is 19.0 Å². The Morgan fingerprint density at radius 2 is 2.07 bits per heavy atom. The van der Waals surface area contributed by atoms with Crippen molar-refractivity contribution in [1.29, 1.82) is 0 Å². The number of rotatable bonds is 5. The lowest BCUT2D eigenvalue weighted by molar-refractivity contribution is 0.877. The minimum absolute atomic E-state index is 0.530. The topological polar surface area (TPSA) is 3.24 Å². The molecule has 0 aliphatic rings. The third kappa shape index (κ3) is 3.28. The number of benzene rings is 1. The van der Waals surface area contributed by atoms with Gasteiger partial charge in [0.15, 0.2) is 0 Å². The molecule has 0 radical (unpaired) electrons. The SMILES string of the molecule is C=C(CCl)CN(CC)c1ccccc1C. The Morgan fingerprint density at radius 3 is 2.60 bits per heavy atom. The van der Waals surface area contributed by atoms with Gasteiger partial charge in [0.1, 0.15) is 0 Å². The molecule has 0 N–H and O–H groups in total. The molecule has 1 rings (SSSR count). The number of hydrogen-bond donors (Lipinski definition) is 0. The number of anilines is 1. The van der Waals surface area contributed by atoms with E-state index in [2.05, 4.69) is 49.6 Å². The smallest absolute Gasteiger partial charge is 0.0448 e. The Kier molecular flexibility index (Phi) is 4.70. The van der Waals surface area contributed by atoms with Crippen molar-refractivity contribution in [2.24, 2.45) is 0 Å². The number of likely N-dealkylation sites (N-methyl/N-ethyl adjacent to an activating group) is 1. The molecule has 0 spiro atoms. The predicted octanol–water partition coefficient (Wildman–Crippen LogP) is 3.62. The summed E-state index contributed by atoms with van der Waals surface area (Å²) < 4.78 is 0. The van der Waals surface area contributed by atoms with Crippen molar-refractivity contribution in [3.8, 4) is 0 Å². The number of halogens is 1. The van der Waals surface area contributed by atoms with Crippen LogP contribution in [0.4, 0.5) is 5.69 Å². The average molecular weight is 224 g/mol. The van der Waals surface area contributed by atoms with Crippen LogP contribution in [0.2, 0.25) is 0 Å². The van der Waals surface area contributed by atoms with Gasteiger partial charge in [0, 0.05) is 24.7 Å². The lowest BCUT2D eigenvalue weighted by atomic mass is 10.1. The molecule has 82 valence electrons. The van der Waals surface area contributed by atoms with E-state index in [0.717, 1.165) is 18.7 Å². The summed E-state index contributed by atoms with van der Waals surface area (Å²) >= 11 is 5.75. The third-order valence-electron chi connectivity index (χ3n) is 2.44. The van der Waals surface area contributed by atoms with Crippen molar-refractivity contribution in [3.63, 3.8) is 0 Å². The van der Waals surface area contributed by atoms with Crippen LogP contribution in [0.5, 0.6) is 0 Å². The molecule has 0 aliphatic heterocycles.